The Morgan fingerprint density at radius 1 is 1.60 bits per heavy atom. The van der Waals surface area contributed by atoms with Crippen molar-refractivity contribution in [1.82, 2.24) is 14.9 Å². The highest BCUT2D eigenvalue weighted by atomic mass is 32.2. The van der Waals surface area contributed by atoms with Gasteiger partial charge in [-0.2, -0.15) is 8.42 Å². The van der Waals surface area contributed by atoms with Gasteiger partial charge in [0.25, 0.3) is 10.2 Å². The van der Waals surface area contributed by atoms with Crippen molar-refractivity contribution < 1.29 is 13.2 Å². The van der Waals surface area contributed by atoms with Crippen LogP contribution in [0.2, 0.25) is 0 Å². The zero-order valence-corrected chi connectivity index (χ0v) is 12.7. The molecule has 1 heterocycles. The summed E-state index contributed by atoms with van der Waals surface area (Å²) in [6.45, 7) is 7.71. The minimum absolute atomic E-state index is 0.0371. The molecule has 0 radical (unpaired) electrons. The van der Waals surface area contributed by atoms with Gasteiger partial charge in [0.1, 0.15) is 0 Å². The maximum atomic E-state index is 11.9. The predicted molar refractivity (Wildman–Crippen MR) is 78.1 cm³/mol. The first-order valence-electron chi connectivity index (χ1n) is 6.73. The minimum atomic E-state index is -3.65. The quantitative estimate of drug-likeness (QED) is 0.535. The van der Waals surface area contributed by atoms with Crippen molar-refractivity contribution >= 4 is 16.1 Å². The summed E-state index contributed by atoms with van der Waals surface area (Å²) in [6, 6.07) is -0.229. The van der Waals surface area contributed by atoms with Gasteiger partial charge < -0.3 is 5.32 Å². The summed E-state index contributed by atoms with van der Waals surface area (Å²) >= 11 is 0. The van der Waals surface area contributed by atoms with E-state index >= 15 is 0 Å². The molecule has 0 saturated carbocycles. The van der Waals surface area contributed by atoms with Gasteiger partial charge in [-0.15, -0.1) is 6.58 Å². The zero-order valence-electron chi connectivity index (χ0n) is 11.8. The molecule has 0 bridgehead atoms. The summed E-state index contributed by atoms with van der Waals surface area (Å²) < 4.78 is 24.1. The lowest BCUT2D eigenvalue weighted by Gasteiger charge is -2.36. The molecule has 8 heteroatoms. The third-order valence-electron chi connectivity index (χ3n) is 3.47. The lowest BCUT2D eigenvalue weighted by molar-refractivity contribution is -0.126. The van der Waals surface area contributed by atoms with E-state index in [0.717, 1.165) is 19.4 Å². The standard InChI is InChI=1S/C12H24N4O3S/c1-3-6-14-12(17)10(2)16-7-4-5-11(9-16)8-15-20(13,18)19/h3,10-11,15H,1,4-9H2,2H3,(H,14,17)(H2,13,18,19)/t10-,11+/m0/s1. The van der Waals surface area contributed by atoms with E-state index in [9.17, 15) is 13.2 Å². The van der Waals surface area contributed by atoms with Gasteiger partial charge in [0.15, 0.2) is 0 Å². The number of likely N-dealkylation sites (tertiary alicyclic amines) is 1. The van der Waals surface area contributed by atoms with Crippen molar-refractivity contribution in [3.63, 3.8) is 0 Å². The van der Waals surface area contributed by atoms with Crippen LogP contribution in [0.1, 0.15) is 19.8 Å². The van der Waals surface area contributed by atoms with Crippen LogP contribution in [-0.2, 0) is 15.0 Å². The van der Waals surface area contributed by atoms with Crippen LogP contribution < -0.4 is 15.2 Å². The molecule has 0 aromatic heterocycles. The number of nitrogens with zero attached hydrogens (tertiary/aromatic N) is 1. The van der Waals surface area contributed by atoms with Crippen LogP contribution in [0.3, 0.4) is 0 Å². The van der Waals surface area contributed by atoms with Crippen LogP contribution in [0.5, 0.6) is 0 Å². The van der Waals surface area contributed by atoms with E-state index in [1.165, 1.54) is 0 Å². The van der Waals surface area contributed by atoms with Gasteiger partial charge >= 0.3 is 0 Å². The number of nitrogens with two attached hydrogens (primary N) is 1. The number of carbonyl (C=O) groups is 1. The first-order valence-corrected chi connectivity index (χ1v) is 8.28. The van der Waals surface area contributed by atoms with Crippen molar-refractivity contribution in [3.8, 4) is 0 Å². The Bertz CT molecular complexity index is 438. The maximum Gasteiger partial charge on any atom is 0.274 e. The summed E-state index contributed by atoms with van der Waals surface area (Å²) in [5.41, 5.74) is 0. The smallest absolute Gasteiger partial charge is 0.274 e. The number of hydrogen-bond donors (Lipinski definition) is 3. The lowest BCUT2D eigenvalue weighted by Crippen LogP contribution is -2.50. The van der Waals surface area contributed by atoms with Gasteiger partial charge in [-0.05, 0) is 32.2 Å². The lowest BCUT2D eigenvalue weighted by atomic mass is 9.97. The van der Waals surface area contributed by atoms with E-state index in [1.807, 2.05) is 6.92 Å². The molecule has 2 atom stereocenters. The topological polar surface area (TPSA) is 105 Å². The molecule has 0 spiro atoms. The van der Waals surface area contributed by atoms with E-state index in [4.69, 9.17) is 5.14 Å². The van der Waals surface area contributed by atoms with Crippen LogP contribution in [-0.4, -0.2) is 51.4 Å². The average molecular weight is 304 g/mol. The fraction of sp³-hybridized carbons (Fsp3) is 0.750. The van der Waals surface area contributed by atoms with Crippen LogP contribution in [0.4, 0.5) is 0 Å². The molecule has 0 aromatic rings. The fourth-order valence-electron chi connectivity index (χ4n) is 2.34. The second-order valence-electron chi connectivity index (χ2n) is 5.11. The minimum Gasteiger partial charge on any atom is -0.351 e. The molecule has 4 N–H and O–H groups in total. The van der Waals surface area contributed by atoms with E-state index in [-0.39, 0.29) is 17.9 Å². The zero-order chi connectivity index (χ0) is 15.2. The number of hydrogen-bond acceptors (Lipinski definition) is 4. The van der Waals surface area contributed by atoms with Crippen LogP contribution in [0.15, 0.2) is 12.7 Å². The highest BCUT2D eigenvalue weighted by Gasteiger charge is 2.27. The second-order valence-corrected chi connectivity index (χ2v) is 6.49. The fourth-order valence-corrected chi connectivity index (χ4v) is 2.80. The number of piperidine rings is 1. The van der Waals surface area contributed by atoms with Gasteiger partial charge in [-0.1, -0.05) is 6.08 Å². The molecule has 116 valence electrons. The van der Waals surface area contributed by atoms with Crippen molar-refractivity contribution in [1.29, 1.82) is 0 Å². The largest absolute Gasteiger partial charge is 0.351 e. The van der Waals surface area contributed by atoms with Crippen molar-refractivity contribution in [2.45, 2.75) is 25.8 Å². The monoisotopic (exact) mass is 304 g/mol. The molecule has 1 fully saturated rings. The SMILES string of the molecule is C=CCNC(=O)[C@H](C)N1CCC[C@H](CNS(N)(=O)=O)C1. The Balaban J connectivity index is 2.47. The van der Waals surface area contributed by atoms with E-state index in [0.29, 0.717) is 19.6 Å². The molecule has 1 rings (SSSR count). The summed E-state index contributed by atoms with van der Waals surface area (Å²) in [6.07, 6.45) is 3.51. The molecule has 0 aromatic carbocycles. The van der Waals surface area contributed by atoms with E-state index in [1.54, 1.807) is 6.08 Å². The highest BCUT2D eigenvalue weighted by Crippen LogP contribution is 2.18. The molecule has 0 aliphatic carbocycles. The molecule has 20 heavy (non-hydrogen) atoms. The van der Waals surface area contributed by atoms with Crippen molar-refractivity contribution in [3.05, 3.63) is 12.7 Å². The molecule has 7 nitrogen and oxygen atoms in total. The Hall–Kier alpha value is -0.960. The van der Waals surface area contributed by atoms with Gasteiger partial charge in [0.2, 0.25) is 5.91 Å². The van der Waals surface area contributed by atoms with Crippen molar-refractivity contribution in [2.75, 3.05) is 26.2 Å². The molecule has 1 amide bonds. The maximum absolute atomic E-state index is 11.9. The predicted octanol–water partition coefficient (Wildman–Crippen LogP) is -0.818. The van der Waals surface area contributed by atoms with Gasteiger partial charge in [-0.25, -0.2) is 9.86 Å². The third kappa shape index (κ3) is 6.00. The first-order chi connectivity index (χ1) is 9.33. The second kappa shape index (κ2) is 7.72. The molecular weight excluding hydrogens is 280 g/mol. The number of carbonyl (C=O) groups excluding carboxylic acids is 1. The third-order valence-corrected chi connectivity index (χ3v) is 4.04. The molecule has 0 unspecified atom stereocenters. The first kappa shape index (κ1) is 17.1. The Morgan fingerprint density at radius 3 is 2.90 bits per heavy atom. The average Bonchev–Trinajstić information content (AvgIpc) is 2.41. The highest BCUT2D eigenvalue weighted by molar-refractivity contribution is 7.87. The molecule has 1 saturated heterocycles. The Kier molecular flexibility index (Phi) is 6.60. The number of amides is 1. The summed E-state index contributed by atoms with van der Waals surface area (Å²) in [7, 11) is -3.65. The van der Waals surface area contributed by atoms with Crippen LogP contribution >= 0.6 is 0 Å². The molecule has 1 aliphatic heterocycles. The van der Waals surface area contributed by atoms with E-state index in [2.05, 4.69) is 21.5 Å². The summed E-state index contributed by atoms with van der Waals surface area (Å²) in [4.78, 5) is 14.0. The summed E-state index contributed by atoms with van der Waals surface area (Å²) in [5, 5.41) is 7.69. The Labute approximate surface area is 120 Å². The van der Waals surface area contributed by atoms with Crippen molar-refractivity contribution in [2.24, 2.45) is 11.1 Å². The van der Waals surface area contributed by atoms with E-state index < -0.39 is 10.2 Å². The van der Waals surface area contributed by atoms with Gasteiger partial charge in [-0.3, -0.25) is 9.69 Å². The number of rotatable bonds is 7. The molecular formula is C12H24N4O3S. The van der Waals surface area contributed by atoms with Crippen LogP contribution in [0, 0.1) is 5.92 Å². The molecule has 1 aliphatic rings. The normalized spacial score (nSPS) is 22.2. The number of nitrogens with one attached hydrogen (secondary N) is 2. The van der Waals surface area contributed by atoms with Gasteiger partial charge in [0, 0.05) is 19.6 Å². The Morgan fingerprint density at radius 2 is 2.30 bits per heavy atom. The van der Waals surface area contributed by atoms with Crippen LogP contribution in [0.25, 0.3) is 0 Å². The van der Waals surface area contributed by atoms with Gasteiger partial charge in [0.05, 0.1) is 6.04 Å². The summed E-state index contributed by atoms with van der Waals surface area (Å²) in [5.74, 6) is 0.140.